The molecular formula is C24H22FN3O5. The molecule has 33 heavy (non-hydrogen) atoms. The van der Waals surface area contributed by atoms with E-state index in [9.17, 15) is 23.6 Å². The van der Waals surface area contributed by atoms with E-state index in [4.69, 9.17) is 4.74 Å². The Kier molecular flexibility index (Phi) is 6.48. The first-order valence-corrected chi connectivity index (χ1v) is 10.6. The first-order valence-electron chi connectivity index (χ1n) is 10.6. The zero-order valence-corrected chi connectivity index (χ0v) is 17.7. The van der Waals surface area contributed by atoms with Crippen molar-refractivity contribution in [2.24, 2.45) is 0 Å². The van der Waals surface area contributed by atoms with Crippen molar-refractivity contribution in [2.45, 2.75) is 31.7 Å². The highest BCUT2D eigenvalue weighted by Gasteiger charge is 2.40. The molecule has 1 saturated heterocycles. The fourth-order valence-corrected chi connectivity index (χ4v) is 3.93. The molecule has 1 saturated carbocycles. The van der Waals surface area contributed by atoms with Crippen molar-refractivity contribution >= 4 is 35.5 Å². The Bertz CT molecular complexity index is 1120. The largest absolute Gasteiger partial charge is 0.483 e. The molecule has 4 rings (SSSR count). The average Bonchev–Trinajstić information content (AvgIpc) is 3.31. The van der Waals surface area contributed by atoms with Gasteiger partial charge < -0.3 is 10.1 Å². The lowest BCUT2D eigenvalue weighted by Gasteiger charge is -2.31. The minimum Gasteiger partial charge on any atom is -0.483 e. The summed E-state index contributed by atoms with van der Waals surface area (Å²) < 4.78 is 18.6. The molecule has 9 heteroatoms. The van der Waals surface area contributed by atoms with Gasteiger partial charge in [0.1, 0.15) is 17.1 Å². The van der Waals surface area contributed by atoms with Crippen LogP contribution in [0.2, 0.25) is 0 Å². The van der Waals surface area contributed by atoms with Gasteiger partial charge in [-0.2, -0.15) is 0 Å². The lowest BCUT2D eigenvalue weighted by Crippen LogP contribution is -2.57. The number of hydrogen-bond donors (Lipinski definition) is 2. The van der Waals surface area contributed by atoms with Gasteiger partial charge in [0, 0.05) is 17.3 Å². The summed E-state index contributed by atoms with van der Waals surface area (Å²) in [5.74, 6) is -2.01. The third-order valence-electron chi connectivity index (χ3n) is 5.53. The van der Waals surface area contributed by atoms with Crippen LogP contribution in [0.3, 0.4) is 0 Å². The lowest BCUT2D eigenvalue weighted by molar-refractivity contribution is -0.131. The number of imide groups is 2. The SMILES string of the molecule is O=C(COc1ccccc1/C=C1\C(=O)NC(=O)N(C2CCCC2)C1=O)Nc1ccc(F)cc1. The van der Waals surface area contributed by atoms with Crippen LogP contribution in [-0.2, 0) is 14.4 Å². The van der Waals surface area contributed by atoms with Crippen molar-refractivity contribution in [1.82, 2.24) is 10.2 Å². The molecule has 5 amide bonds. The van der Waals surface area contributed by atoms with Gasteiger partial charge in [-0.25, -0.2) is 9.18 Å². The van der Waals surface area contributed by atoms with E-state index in [1.165, 1.54) is 30.3 Å². The number of barbiturate groups is 1. The van der Waals surface area contributed by atoms with E-state index in [-0.39, 0.29) is 24.0 Å². The molecule has 2 fully saturated rings. The molecule has 0 spiro atoms. The Morgan fingerprint density at radius 3 is 2.52 bits per heavy atom. The standard InChI is InChI=1S/C24H22FN3O5/c25-16-9-11-17(12-10-16)26-21(29)14-33-20-8-4-1-5-15(20)13-19-22(30)27-24(32)28(23(19)31)18-6-2-3-7-18/h1,4-5,8-13,18H,2-3,6-7,14H2,(H,26,29)(H,27,30,32)/b19-13+. The van der Waals surface area contributed by atoms with E-state index in [1.807, 2.05) is 0 Å². The summed E-state index contributed by atoms with van der Waals surface area (Å²) in [4.78, 5) is 51.0. The number of anilines is 1. The van der Waals surface area contributed by atoms with Crippen LogP contribution in [0.15, 0.2) is 54.1 Å². The van der Waals surface area contributed by atoms with Gasteiger partial charge in [0.2, 0.25) is 0 Å². The normalized spacial score (nSPS) is 17.9. The number of halogens is 1. The number of amides is 5. The molecule has 1 aliphatic heterocycles. The summed E-state index contributed by atoms with van der Waals surface area (Å²) in [6.07, 6.45) is 4.63. The number of rotatable bonds is 6. The summed E-state index contributed by atoms with van der Waals surface area (Å²) in [6, 6.07) is 11.0. The van der Waals surface area contributed by atoms with Crippen molar-refractivity contribution in [2.75, 3.05) is 11.9 Å². The van der Waals surface area contributed by atoms with Crippen molar-refractivity contribution in [3.8, 4) is 5.75 Å². The van der Waals surface area contributed by atoms with Crippen molar-refractivity contribution in [1.29, 1.82) is 0 Å². The molecule has 2 N–H and O–H groups in total. The third kappa shape index (κ3) is 5.08. The van der Waals surface area contributed by atoms with Gasteiger partial charge in [-0.15, -0.1) is 0 Å². The maximum atomic E-state index is 13.0. The molecule has 2 aliphatic rings. The molecule has 8 nitrogen and oxygen atoms in total. The first-order chi connectivity index (χ1) is 15.9. The highest BCUT2D eigenvalue weighted by Crippen LogP contribution is 2.28. The number of benzene rings is 2. The predicted octanol–water partition coefficient (Wildman–Crippen LogP) is 3.25. The molecule has 0 bridgehead atoms. The summed E-state index contributed by atoms with van der Waals surface area (Å²) in [7, 11) is 0. The molecule has 1 heterocycles. The van der Waals surface area contributed by atoms with Crippen LogP contribution in [-0.4, -0.2) is 41.3 Å². The maximum absolute atomic E-state index is 13.0. The Morgan fingerprint density at radius 1 is 1.09 bits per heavy atom. The van der Waals surface area contributed by atoms with Gasteiger partial charge in [-0.3, -0.25) is 24.6 Å². The van der Waals surface area contributed by atoms with E-state index in [0.717, 1.165) is 17.7 Å². The molecule has 0 unspecified atom stereocenters. The van der Waals surface area contributed by atoms with Crippen LogP contribution in [0.4, 0.5) is 14.9 Å². The quantitative estimate of drug-likeness (QED) is 0.518. The molecule has 2 aromatic carbocycles. The predicted molar refractivity (Wildman–Crippen MR) is 118 cm³/mol. The summed E-state index contributed by atoms with van der Waals surface area (Å²) in [6.45, 7) is -0.343. The number of nitrogens with one attached hydrogen (secondary N) is 2. The van der Waals surface area contributed by atoms with Gasteiger partial charge in [0.25, 0.3) is 17.7 Å². The smallest absolute Gasteiger partial charge is 0.331 e. The Hall–Kier alpha value is -4.01. The van der Waals surface area contributed by atoms with E-state index in [0.29, 0.717) is 24.1 Å². The van der Waals surface area contributed by atoms with Crippen molar-refractivity contribution < 1.29 is 28.3 Å². The molecule has 0 aromatic heterocycles. The van der Waals surface area contributed by atoms with Gasteiger partial charge in [0.15, 0.2) is 6.61 Å². The topological polar surface area (TPSA) is 105 Å². The number of ether oxygens (including phenoxy) is 1. The van der Waals surface area contributed by atoms with E-state index in [1.54, 1.807) is 24.3 Å². The van der Waals surface area contributed by atoms with Gasteiger partial charge in [0.05, 0.1) is 0 Å². The molecular weight excluding hydrogens is 429 g/mol. The van der Waals surface area contributed by atoms with Crippen LogP contribution in [0.1, 0.15) is 31.2 Å². The van der Waals surface area contributed by atoms with Crippen molar-refractivity contribution in [3.05, 3.63) is 65.5 Å². The van der Waals surface area contributed by atoms with Crippen molar-refractivity contribution in [3.63, 3.8) is 0 Å². The summed E-state index contributed by atoms with van der Waals surface area (Å²) in [5, 5.41) is 4.82. The number of carbonyl (C=O) groups excluding carboxylic acids is 4. The fraction of sp³-hybridized carbons (Fsp3) is 0.250. The zero-order chi connectivity index (χ0) is 23.4. The fourth-order valence-electron chi connectivity index (χ4n) is 3.93. The number of hydrogen-bond acceptors (Lipinski definition) is 5. The van der Waals surface area contributed by atoms with Crippen LogP contribution in [0, 0.1) is 5.82 Å². The summed E-state index contributed by atoms with van der Waals surface area (Å²) in [5.41, 5.74) is 0.654. The van der Waals surface area contributed by atoms with E-state index < -0.39 is 29.6 Å². The van der Waals surface area contributed by atoms with Crippen LogP contribution in [0.5, 0.6) is 5.75 Å². The van der Waals surface area contributed by atoms with E-state index >= 15 is 0 Å². The number of nitrogens with zero attached hydrogens (tertiary/aromatic N) is 1. The highest BCUT2D eigenvalue weighted by atomic mass is 19.1. The Balaban J connectivity index is 1.49. The van der Waals surface area contributed by atoms with E-state index in [2.05, 4.69) is 10.6 Å². The lowest BCUT2D eigenvalue weighted by atomic mass is 10.0. The molecule has 0 atom stereocenters. The molecule has 0 radical (unpaired) electrons. The molecule has 170 valence electrons. The Labute approximate surface area is 189 Å². The number of urea groups is 1. The zero-order valence-electron chi connectivity index (χ0n) is 17.7. The first kappa shape index (κ1) is 22.2. The minimum atomic E-state index is -0.775. The summed E-state index contributed by atoms with van der Waals surface area (Å²) >= 11 is 0. The Morgan fingerprint density at radius 2 is 1.79 bits per heavy atom. The molecule has 1 aliphatic carbocycles. The second-order valence-corrected chi connectivity index (χ2v) is 7.81. The van der Waals surface area contributed by atoms with Crippen LogP contribution >= 0.6 is 0 Å². The monoisotopic (exact) mass is 451 g/mol. The van der Waals surface area contributed by atoms with Gasteiger partial charge in [-0.05, 0) is 49.2 Å². The third-order valence-corrected chi connectivity index (χ3v) is 5.53. The average molecular weight is 451 g/mol. The number of para-hydroxylation sites is 1. The van der Waals surface area contributed by atoms with Crippen LogP contribution < -0.4 is 15.4 Å². The highest BCUT2D eigenvalue weighted by molar-refractivity contribution is 6.31. The van der Waals surface area contributed by atoms with Gasteiger partial charge in [-0.1, -0.05) is 31.0 Å². The maximum Gasteiger partial charge on any atom is 0.331 e. The number of carbonyl (C=O) groups is 4. The second kappa shape index (κ2) is 9.64. The van der Waals surface area contributed by atoms with Crippen LogP contribution in [0.25, 0.3) is 6.08 Å². The molecule has 2 aromatic rings. The second-order valence-electron chi connectivity index (χ2n) is 7.81. The van der Waals surface area contributed by atoms with Gasteiger partial charge >= 0.3 is 6.03 Å². The minimum absolute atomic E-state index is 0.173.